The van der Waals surface area contributed by atoms with Crippen LogP contribution in [0.2, 0.25) is 0 Å². The Morgan fingerprint density at radius 3 is 1.03 bits per heavy atom. The Bertz CT molecular complexity index is 397. The van der Waals surface area contributed by atoms with E-state index in [-0.39, 0.29) is 6.10 Å². The molecule has 0 bridgehead atoms. The van der Waals surface area contributed by atoms with Crippen molar-refractivity contribution in [3.63, 3.8) is 0 Å². The third-order valence-corrected chi connectivity index (χ3v) is 6.87. The quantitative estimate of drug-likeness (QED) is 0.105. The SMILES string of the molecule is CCCCCCCCCCCCCC(CCCCCCCCCCCC)OP(=O)(O)O. The maximum Gasteiger partial charge on any atom is 0.469 e. The van der Waals surface area contributed by atoms with Crippen LogP contribution in [0.1, 0.15) is 162 Å². The molecule has 0 aromatic carbocycles. The molecule has 0 heterocycles. The lowest BCUT2D eigenvalue weighted by Crippen LogP contribution is -2.11. The summed E-state index contributed by atoms with van der Waals surface area (Å²) in [6.45, 7) is 4.51. The van der Waals surface area contributed by atoms with E-state index in [1.54, 1.807) is 0 Å². The van der Waals surface area contributed by atoms with Crippen LogP contribution in [0.15, 0.2) is 0 Å². The van der Waals surface area contributed by atoms with E-state index >= 15 is 0 Å². The summed E-state index contributed by atoms with van der Waals surface area (Å²) in [5, 5.41) is 0. The Balaban J connectivity index is 3.69. The highest BCUT2D eigenvalue weighted by atomic mass is 31.2. The predicted molar refractivity (Wildman–Crippen MR) is 134 cm³/mol. The zero-order valence-electron chi connectivity index (χ0n) is 21.0. The van der Waals surface area contributed by atoms with Gasteiger partial charge in [-0.05, 0) is 12.8 Å². The second-order valence-electron chi connectivity index (χ2n) is 9.51. The van der Waals surface area contributed by atoms with Gasteiger partial charge in [0.1, 0.15) is 0 Å². The molecule has 1 atom stereocenters. The molecule has 0 aromatic heterocycles. The monoisotopic (exact) mass is 462 g/mol. The van der Waals surface area contributed by atoms with E-state index in [1.807, 2.05) is 0 Å². The molecule has 0 aliphatic heterocycles. The fourth-order valence-corrected chi connectivity index (χ4v) is 4.94. The van der Waals surface area contributed by atoms with Crippen molar-refractivity contribution in [3.8, 4) is 0 Å². The van der Waals surface area contributed by atoms with Crippen LogP contribution in [-0.4, -0.2) is 15.9 Å². The molecule has 0 aliphatic rings. The summed E-state index contributed by atoms with van der Waals surface area (Å²) >= 11 is 0. The molecule has 0 saturated heterocycles. The van der Waals surface area contributed by atoms with Crippen LogP contribution in [0, 0.1) is 0 Å². The van der Waals surface area contributed by atoms with Gasteiger partial charge in [-0.3, -0.25) is 4.52 Å². The van der Waals surface area contributed by atoms with E-state index in [9.17, 15) is 14.4 Å². The van der Waals surface area contributed by atoms with E-state index in [4.69, 9.17) is 4.52 Å². The van der Waals surface area contributed by atoms with Crippen LogP contribution in [0.25, 0.3) is 0 Å². The molecule has 0 amide bonds. The summed E-state index contributed by atoms with van der Waals surface area (Å²) in [6.07, 6.45) is 28.2. The summed E-state index contributed by atoms with van der Waals surface area (Å²) in [7, 11) is -4.38. The maximum absolute atomic E-state index is 11.3. The van der Waals surface area contributed by atoms with Crippen LogP contribution >= 0.6 is 7.82 Å². The first kappa shape index (κ1) is 31.1. The molecule has 0 saturated carbocycles. The molecule has 188 valence electrons. The number of hydrogen-bond donors (Lipinski definition) is 2. The number of phosphoric ester groups is 1. The first-order valence-electron chi connectivity index (χ1n) is 13.7. The minimum Gasteiger partial charge on any atom is -0.303 e. The minimum absolute atomic E-state index is 0.284. The van der Waals surface area contributed by atoms with Crippen LogP contribution in [0.4, 0.5) is 0 Å². The van der Waals surface area contributed by atoms with Crippen molar-refractivity contribution < 1.29 is 18.9 Å². The number of hydrogen-bond acceptors (Lipinski definition) is 2. The molecule has 0 aromatic rings. The molecule has 1 unspecified atom stereocenters. The largest absolute Gasteiger partial charge is 0.469 e. The van der Waals surface area contributed by atoms with Gasteiger partial charge in [0.25, 0.3) is 0 Å². The Labute approximate surface area is 194 Å². The first-order chi connectivity index (χ1) is 15.0. The molecule has 0 aliphatic carbocycles. The van der Waals surface area contributed by atoms with E-state index in [2.05, 4.69) is 13.8 Å². The molecule has 4 nitrogen and oxygen atoms in total. The average molecular weight is 463 g/mol. The Kier molecular flexibility index (Phi) is 23.4. The van der Waals surface area contributed by atoms with Crippen molar-refractivity contribution in [1.29, 1.82) is 0 Å². The lowest BCUT2D eigenvalue weighted by atomic mass is 10.0. The van der Waals surface area contributed by atoms with Gasteiger partial charge in [0, 0.05) is 0 Å². The molecule has 0 rings (SSSR count). The van der Waals surface area contributed by atoms with Crippen molar-refractivity contribution in [2.24, 2.45) is 0 Å². The molecular formula is C26H55O4P. The van der Waals surface area contributed by atoms with Crippen molar-refractivity contribution in [1.82, 2.24) is 0 Å². The number of phosphoric acid groups is 1. The highest BCUT2D eigenvalue weighted by Gasteiger charge is 2.21. The molecule has 0 radical (unpaired) electrons. The number of rotatable bonds is 25. The molecule has 2 N–H and O–H groups in total. The smallest absolute Gasteiger partial charge is 0.303 e. The van der Waals surface area contributed by atoms with E-state index in [0.717, 1.165) is 38.5 Å². The molecule has 0 fully saturated rings. The zero-order chi connectivity index (χ0) is 23.0. The lowest BCUT2D eigenvalue weighted by molar-refractivity contribution is 0.115. The normalized spacial score (nSPS) is 13.0. The molecule has 0 spiro atoms. The maximum atomic E-state index is 11.3. The minimum atomic E-state index is -4.38. The summed E-state index contributed by atoms with van der Waals surface area (Å²) in [5.41, 5.74) is 0. The van der Waals surface area contributed by atoms with Gasteiger partial charge in [-0.2, -0.15) is 0 Å². The van der Waals surface area contributed by atoms with Crippen LogP contribution in [0.3, 0.4) is 0 Å². The second-order valence-corrected chi connectivity index (χ2v) is 10.7. The van der Waals surface area contributed by atoms with E-state index in [0.29, 0.717) is 0 Å². The molecule has 31 heavy (non-hydrogen) atoms. The van der Waals surface area contributed by atoms with E-state index < -0.39 is 7.82 Å². The van der Waals surface area contributed by atoms with Gasteiger partial charge in [0.15, 0.2) is 0 Å². The predicted octanol–water partition coefficient (Wildman–Crippen LogP) is 9.48. The topological polar surface area (TPSA) is 66.8 Å². The highest BCUT2D eigenvalue weighted by molar-refractivity contribution is 7.46. The van der Waals surface area contributed by atoms with Crippen molar-refractivity contribution in [2.75, 3.05) is 0 Å². The molecular weight excluding hydrogens is 407 g/mol. The average Bonchev–Trinajstić information content (AvgIpc) is 2.72. The summed E-state index contributed by atoms with van der Waals surface area (Å²) in [6, 6.07) is 0. The van der Waals surface area contributed by atoms with Gasteiger partial charge in [0.2, 0.25) is 0 Å². The summed E-state index contributed by atoms with van der Waals surface area (Å²) < 4.78 is 16.4. The first-order valence-corrected chi connectivity index (χ1v) is 15.3. The lowest BCUT2D eigenvalue weighted by Gasteiger charge is -2.18. The molecule has 5 heteroatoms. The second kappa shape index (κ2) is 23.3. The highest BCUT2D eigenvalue weighted by Crippen LogP contribution is 2.39. The van der Waals surface area contributed by atoms with Crippen LogP contribution < -0.4 is 0 Å². The standard InChI is InChI=1S/C26H55O4P/c1-3-5-7-9-11-13-15-17-19-21-23-25-26(30-31(27,28)29)24-22-20-18-16-14-12-10-8-6-4-2/h26H,3-25H2,1-2H3,(H2,27,28,29). The van der Waals surface area contributed by atoms with Gasteiger partial charge in [0.05, 0.1) is 6.10 Å². The van der Waals surface area contributed by atoms with Crippen molar-refractivity contribution in [2.45, 2.75) is 168 Å². The van der Waals surface area contributed by atoms with Crippen molar-refractivity contribution in [3.05, 3.63) is 0 Å². The number of unbranched alkanes of at least 4 members (excludes halogenated alkanes) is 19. The summed E-state index contributed by atoms with van der Waals surface area (Å²) in [5.74, 6) is 0. The van der Waals surface area contributed by atoms with Crippen molar-refractivity contribution >= 4 is 7.82 Å². The third kappa shape index (κ3) is 26.2. The zero-order valence-corrected chi connectivity index (χ0v) is 21.9. The summed E-state index contributed by atoms with van der Waals surface area (Å²) in [4.78, 5) is 18.4. The fraction of sp³-hybridized carbons (Fsp3) is 1.00. The fourth-order valence-electron chi connectivity index (χ4n) is 4.34. The van der Waals surface area contributed by atoms with Gasteiger partial charge < -0.3 is 9.79 Å². The third-order valence-electron chi connectivity index (χ3n) is 6.30. The van der Waals surface area contributed by atoms with Gasteiger partial charge in [-0.25, -0.2) is 4.57 Å². The Morgan fingerprint density at radius 2 is 0.774 bits per heavy atom. The van der Waals surface area contributed by atoms with Gasteiger partial charge in [-0.15, -0.1) is 0 Å². The van der Waals surface area contributed by atoms with Crippen LogP contribution in [-0.2, 0) is 9.09 Å². The van der Waals surface area contributed by atoms with E-state index in [1.165, 1.54) is 109 Å². The van der Waals surface area contributed by atoms with Crippen LogP contribution in [0.5, 0.6) is 0 Å². The Hall–Kier alpha value is 0.110. The van der Waals surface area contributed by atoms with Gasteiger partial charge in [-0.1, -0.05) is 149 Å². The van der Waals surface area contributed by atoms with Gasteiger partial charge >= 0.3 is 7.82 Å². The Morgan fingerprint density at radius 1 is 0.516 bits per heavy atom.